The Labute approximate surface area is 156 Å². The second kappa shape index (κ2) is 9.55. The lowest BCUT2D eigenvalue weighted by atomic mass is 10.1. The molecule has 2 fully saturated rings. The first-order chi connectivity index (χ1) is 11.6. The molecule has 2 atom stereocenters. The molecule has 1 amide bonds. The molecule has 0 bridgehead atoms. The van der Waals surface area contributed by atoms with Gasteiger partial charge in [-0.25, -0.2) is 0 Å². The molecule has 2 aliphatic rings. The van der Waals surface area contributed by atoms with Crippen LogP contribution >= 0.6 is 12.4 Å². The van der Waals surface area contributed by atoms with Gasteiger partial charge in [-0.2, -0.15) is 5.10 Å². The second-order valence-corrected chi connectivity index (χ2v) is 7.40. The summed E-state index contributed by atoms with van der Waals surface area (Å²) < 4.78 is 7.85. The van der Waals surface area contributed by atoms with Crippen LogP contribution in [0.3, 0.4) is 0 Å². The summed E-state index contributed by atoms with van der Waals surface area (Å²) in [6.45, 7) is 8.66. The summed E-state index contributed by atoms with van der Waals surface area (Å²) in [7, 11) is 0. The molecule has 1 aromatic heterocycles. The van der Waals surface area contributed by atoms with E-state index in [0.717, 1.165) is 51.9 Å². The summed E-state index contributed by atoms with van der Waals surface area (Å²) in [4.78, 5) is 14.5. The molecule has 3 heterocycles. The van der Waals surface area contributed by atoms with Crippen molar-refractivity contribution in [3.05, 3.63) is 18.0 Å². The van der Waals surface area contributed by atoms with Gasteiger partial charge in [-0.05, 0) is 44.2 Å². The lowest BCUT2D eigenvalue weighted by Gasteiger charge is -2.23. The lowest BCUT2D eigenvalue weighted by Crippen LogP contribution is -2.33. The van der Waals surface area contributed by atoms with Crippen LogP contribution in [-0.2, 0) is 4.74 Å². The third-order valence-electron chi connectivity index (χ3n) is 4.95. The number of aromatic nitrogens is 2. The van der Waals surface area contributed by atoms with E-state index in [0.29, 0.717) is 24.2 Å². The van der Waals surface area contributed by atoms with E-state index >= 15 is 0 Å². The number of ether oxygens (including phenoxy) is 1. The monoisotopic (exact) mass is 370 g/mol. The molecule has 6 nitrogen and oxygen atoms in total. The first-order valence-electron chi connectivity index (χ1n) is 9.30. The second-order valence-electron chi connectivity index (χ2n) is 7.40. The van der Waals surface area contributed by atoms with Gasteiger partial charge in [0.2, 0.25) is 0 Å². The van der Waals surface area contributed by atoms with E-state index < -0.39 is 0 Å². The van der Waals surface area contributed by atoms with Crippen molar-refractivity contribution in [1.29, 1.82) is 0 Å². The Kier molecular flexibility index (Phi) is 7.72. The number of halogens is 1. The predicted octanol–water partition coefficient (Wildman–Crippen LogP) is 2.51. The smallest absolute Gasteiger partial charge is 0.274 e. The number of likely N-dealkylation sites (tertiary alicyclic amines) is 1. The largest absolute Gasteiger partial charge is 0.376 e. The molecule has 142 valence electrons. The van der Waals surface area contributed by atoms with Gasteiger partial charge in [0, 0.05) is 32.4 Å². The highest BCUT2D eigenvalue weighted by Crippen LogP contribution is 2.19. The van der Waals surface area contributed by atoms with Crippen molar-refractivity contribution in [3.63, 3.8) is 0 Å². The number of nitrogens with zero attached hydrogens (tertiary/aromatic N) is 3. The molecule has 25 heavy (non-hydrogen) atoms. The molecule has 0 aliphatic carbocycles. The highest BCUT2D eigenvalue weighted by Gasteiger charge is 2.29. The minimum Gasteiger partial charge on any atom is -0.376 e. The van der Waals surface area contributed by atoms with Gasteiger partial charge in [0.15, 0.2) is 0 Å². The molecular weight excluding hydrogens is 340 g/mol. The summed E-state index contributed by atoms with van der Waals surface area (Å²) >= 11 is 0. The van der Waals surface area contributed by atoms with Gasteiger partial charge >= 0.3 is 0 Å². The van der Waals surface area contributed by atoms with E-state index in [9.17, 15) is 4.79 Å². The van der Waals surface area contributed by atoms with E-state index in [4.69, 9.17) is 4.74 Å². The molecule has 2 unspecified atom stereocenters. The van der Waals surface area contributed by atoms with Crippen molar-refractivity contribution < 1.29 is 9.53 Å². The van der Waals surface area contributed by atoms with E-state index in [1.54, 1.807) is 0 Å². The topological polar surface area (TPSA) is 59.4 Å². The molecule has 0 spiro atoms. The van der Waals surface area contributed by atoms with Gasteiger partial charge in [0.05, 0.1) is 12.1 Å². The van der Waals surface area contributed by atoms with Crippen LogP contribution in [0, 0.1) is 5.92 Å². The van der Waals surface area contributed by atoms with Crippen LogP contribution in [0.1, 0.15) is 56.1 Å². The van der Waals surface area contributed by atoms with Crippen LogP contribution in [-0.4, -0.2) is 59.5 Å². The predicted molar refractivity (Wildman–Crippen MR) is 100 cm³/mol. The van der Waals surface area contributed by atoms with Crippen LogP contribution < -0.4 is 5.32 Å². The van der Waals surface area contributed by atoms with Gasteiger partial charge in [0.1, 0.15) is 5.69 Å². The third kappa shape index (κ3) is 5.43. The fraction of sp³-hybridized carbons (Fsp3) is 0.778. The third-order valence-corrected chi connectivity index (χ3v) is 4.95. The van der Waals surface area contributed by atoms with E-state index in [1.165, 1.54) is 0 Å². The maximum atomic E-state index is 12.6. The number of carbonyl (C=O) groups excluding carboxylic acids is 1. The SMILES string of the molecule is CC(C)CCOC1CCN(C(=O)c2ccn(C3CCCNC3)n2)C1.Cl. The number of amides is 1. The van der Waals surface area contributed by atoms with E-state index in [2.05, 4.69) is 24.3 Å². The molecule has 0 aromatic carbocycles. The summed E-state index contributed by atoms with van der Waals surface area (Å²) in [5.74, 6) is 0.690. The number of hydrogen-bond donors (Lipinski definition) is 1. The molecule has 7 heteroatoms. The van der Waals surface area contributed by atoms with E-state index in [-0.39, 0.29) is 24.4 Å². The first-order valence-corrected chi connectivity index (χ1v) is 9.30. The van der Waals surface area contributed by atoms with Gasteiger partial charge < -0.3 is 15.0 Å². The van der Waals surface area contributed by atoms with Crippen LogP contribution in [0.15, 0.2) is 12.3 Å². The van der Waals surface area contributed by atoms with E-state index in [1.807, 2.05) is 21.8 Å². The van der Waals surface area contributed by atoms with Gasteiger partial charge in [-0.3, -0.25) is 9.48 Å². The average molecular weight is 371 g/mol. The van der Waals surface area contributed by atoms with Gasteiger partial charge in [0.25, 0.3) is 5.91 Å². The normalized spacial score (nSPS) is 23.7. The highest BCUT2D eigenvalue weighted by atomic mass is 35.5. The zero-order chi connectivity index (χ0) is 16.9. The Balaban J connectivity index is 0.00000225. The lowest BCUT2D eigenvalue weighted by molar-refractivity contribution is 0.0482. The summed E-state index contributed by atoms with van der Waals surface area (Å²) in [6, 6.07) is 2.22. The molecule has 3 rings (SSSR count). The summed E-state index contributed by atoms with van der Waals surface area (Å²) in [5, 5.41) is 7.92. The fourth-order valence-electron chi connectivity index (χ4n) is 3.40. The molecule has 1 aromatic rings. The maximum Gasteiger partial charge on any atom is 0.274 e. The van der Waals surface area contributed by atoms with Crippen molar-refractivity contribution in [2.75, 3.05) is 32.8 Å². The number of carbonyl (C=O) groups is 1. The quantitative estimate of drug-likeness (QED) is 0.835. The molecule has 2 aliphatic heterocycles. The van der Waals surface area contributed by atoms with Crippen molar-refractivity contribution >= 4 is 18.3 Å². The molecule has 0 saturated carbocycles. The fourth-order valence-corrected chi connectivity index (χ4v) is 3.40. The zero-order valence-electron chi connectivity index (χ0n) is 15.3. The molecule has 2 saturated heterocycles. The summed E-state index contributed by atoms with van der Waals surface area (Å²) in [5.41, 5.74) is 0.559. The number of rotatable bonds is 6. The van der Waals surface area contributed by atoms with Crippen LogP contribution in [0.5, 0.6) is 0 Å². The zero-order valence-corrected chi connectivity index (χ0v) is 16.1. The van der Waals surface area contributed by atoms with Gasteiger partial charge in [-0.1, -0.05) is 13.8 Å². The van der Waals surface area contributed by atoms with Crippen LogP contribution in [0.2, 0.25) is 0 Å². The minimum absolute atomic E-state index is 0. The Hall–Kier alpha value is -1.11. The van der Waals surface area contributed by atoms with Crippen molar-refractivity contribution in [2.24, 2.45) is 5.92 Å². The summed E-state index contributed by atoms with van der Waals surface area (Å²) in [6.07, 6.45) is 6.41. The Morgan fingerprint density at radius 2 is 2.28 bits per heavy atom. The van der Waals surface area contributed by atoms with Crippen molar-refractivity contribution in [1.82, 2.24) is 20.0 Å². The highest BCUT2D eigenvalue weighted by molar-refractivity contribution is 5.92. The van der Waals surface area contributed by atoms with Crippen LogP contribution in [0.25, 0.3) is 0 Å². The number of hydrogen-bond acceptors (Lipinski definition) is 4. The maximum absolute atomic E-state index is 12.6. The standard InChI is InChI=1S/C18H30N4O2.ClH/c1-14(2)7-11-24-16-5-9-21(13-16)18(23)17-6-10-22(20-17)15-4-3-8-19-12-15;/h6,10,14-16,19H,3-5,7-9,11-13H2,1-2H3;1H. The molecule has 0 radical (unpaired) electrons. The molecule has 1 N–H and O–H groups in total. The first kappa shape index (κ1) is 20.2. The Morgan fingerprint density at radius 1 is 1.44 bits per heavy atom. The van der Waals surface area contributed by atoms with Crippen LogP contribution in [0.4, 0.5) is 0 Å². The molecular formula is C18H31ClN4O2. The van der Waals surface area contributed by atoms with Crippen molar-refractivity contribution in [2.45, 2.75) is 51.7 Å². The number of piperidine rings is 1. The Morgan fingerprint density at radius 3 is 3.00 bits per heavy atom. The van der Waals surface area contributed by atoms with Gasteiger partial charge in [-0.15, -0.1) is 12.4 Å². The van der Waals surface area contributed by atoms with Crippen molar-refractivity contribution in [3.8, 4) is 0 Å². The minimum atomic E-state index is 0. The number of nitrogens with one attached hydrogen (secondary N) is 1. The average Bonchev–Trinajstić information content (AvgIpc) is 3.24. The Bertz CT molecular complexity index is 543.